The van der Waals surface area contributed by atoms with E-state index in [0.717, 1.165) is 41.8 Å². The molecule has 1 saturated carbocycles. The molecular weight excluding hydrogens is 402 g/mol. The number of benzene rings is 1. The van der Waals surface area contributed by atoms with Crippen LogP contribution in [0.1, 0.15) is 56.6 Å². The normalized spacial score (nSPS) is 23.3. The lowest BCUT2D eigenvalue weighted by Gasteiger charge is -2.41. The van der Waals surface area contributed by atoms with Gasteiger partial charge in [-0.3, -0.25) is 5.41 Å². The zero-order chi connectivity index (χ0) is 22.7. The molecule has 1 saturated heterocycles. The molecule has 4 rings (SSSR count). The van der Waals surface area contributed by atoms with E-state index in [-0.39, 0.29) is 11.9 Å². The summed E-state index contributed by atoms with van der Waals surface area (Å²) < 4.78 is 5.92. The summed E-state index contributed by atoms with van der Waals surface area (Å²) in [4.78, 5) is 7.20. The molecule has 7 nitrogen and oxygen atoms in total. The summed E-state index contributed by atoms with van der Waals surface area (Å²) in [6, 6.07) is 9.13. The third-order valence-electron chi connectivity index (χ3n) is 6.79. The number of anilines is 1. The molecule has 3 atom stereocenters. The van der Waals surface area contributed by atoms with Crippen molar-refractivity contribution >= 4 is 22.6 Å². The van der Waals surface area contributed by atoms with E-state index in [1.807, 2.05) is 12.1 Å². The van der Waals surface area contributed by atoms with E-state index in [1.165, 1.54) is 32.1 Å². The molecule has 4 N–H and O–H groups in total. The molecule has 0 spiro atoms. The second kappa shape index (κ2) is 10.1. The number of aryl methyl sites for hydroxylation is 1. The Hall–Kier alpha value is -2.22. The van der Waals surface area contributed by atoms with Crippen molar-refractivity contribution in [2.75, 3.05) is 25.1 Å². The maximum absolute atomic E-state index is 9.80. The van der Waals surface area contributed by atoms with E-state index in [9.17, 15) is 5.11 Å². The van der Waals surface area contributed by atoms with Crippen molar-refractivity contribution in [1.29, 1.82) is 5.41 Å². The van der Waals surface area contributed by atoms with Crippen LogP contribution < -0.4 is 15.5 Å². The van der Waals surface area contributed by atoms with Gasteiger partial charge in [0.2, 0.25) is 0 Å². The van der Waals surface area contributed by atoms with E-state index >= 15 is 0 Å². The first-order valence-electron chi connectivity index (χ1n) is 11.9. The molecule has 0 radical (unpaired) electrons. The first kappa shape index (κ1) is 23.0. The Balaban J connectivity index is 1.60. The van der Waals surface area contributed by atoms with Crippen LogP contribution in [-0.2, 0) is 4.74 Å². The van der Waals surface area contributed by atoms with Crippen molar-refractivity contribution in [3.63, 3.8) is 0 Å². The van der Waals surface area contributed by atoms with Crippen molar-refractivity contribution in [2.24, 2.45) is 0 Å². The average Bonchev–Trinajstić information content (AvgIpc) is 2.78. The highest BCUT2D eigenvalue weighted by atomic mass is 16.5. The van der Waals surface area contributed by atoms with Gasteiger partial charge in [0.1, 0.15) is 17.9 Å². The second-order valence-corrected chi connectivity index (χ2v) is 9.37. The lowest BCUT2D eigenvalue weighted by molar-refractivity contribution is 0.0534. The molecule has 0 bridgehead atoms. The highest BCUT2D eigenvalue weighted by Crippen LogP contribution is 2.29. The van der Waals surface area contributed by atoms with Gasteiger partial charge in [0.05, 0.1) is 17.2 Å². The standard InChI is InChI=1S/C25H37N5O2/c1-16-9-10-21-18(13-16)14-20(24(26)27-17(2)31)25(29-21)30-12-11-22(23(15-30)32-3)28-19-7-5-4-6-8-19/h9-10,13-14,17,19,22-23,28,31H,4-8,11-12,15H2,1-3H3,(H2,26,27). The maximum Gasteiger partial charge on any atom is 0.140 e. The molecule has 32 heavy (non-hydrogen) atoms. The molecule has 2 aromatic rings. The fraction of sp³-hybridized carbons (Fsp3) is 0.600. The topological polar surface area (TPSA) is 93.5 Å². The third kappa shape index (κ3) is 5.22. The molecule has 2 heterocycles. The number of rotatable bonds is 6. The van der Waals surface area contributed by atoms with Crippen molar-refractivity contribution in [1.82, 2.24) is 15.6 Å². The minimum atomic E-state index is -0.805. The number of piperidine rings is 1. The van der Waals surface area contributed by atoms with Crippen LogP contribution in [0.2, 0.25) is 0 Å². The molecule has 7 heteroatoms. The van der Waals surface area contributed by atoms with Crippen LogP contribution in [0.25, 0.3) is 10.9 Å². The lowest BCUT2D eigenvalue weighted by atomic mass is 9.92. The first-order chi connectivity index (χ1) is 15.4. The second-order valence-electron chi connectivity index (χ2n) is 9.37. The Bertz CT molecular complexity index is 941. The van der Waals surface area contributed by atoms with Crippen molar-refractivity contribution in [3.05, 3.63) is 35.4 Å². The monoisotopic (exact) mass is 439 g/mol. The molecule has 0 amide bonds. The van der Waals surface area contributed by atoms with Gasteiger partial charge in [-0.1, -0.05) is 30.9 Å². The summed E-state index contributed by atoms with van der Waals surface area (Å²) in [7, 11) is 1.79. The number of hydrogen-bond acceptors (Lipinski definition) is 6. The summed E-state index contributed by atoms with van der Waals surface area (Å²) >= 11 is 0. The molecule has 2 aliphatic rings. The number of pyridine rings is 1. The lowest BCUT2D eigenvalue weighted by Crippen LogP contribution is -2.56. The third-order valence-corrected chi connectivity index (χ3v) is 6.79. The largest absolute Gasteiger partial charge is 0.378 e. The molecule has 1 aliphatic heterocycles. The van der Waals surface area contributed by atoms with E-state index in [0.29, 0.717) is 17.6 Å². The minimum Gasteiger partial charge on any atom is -0.378 e. The van der Waals surface area contributed by atoms with E-state index in [1.54, 1.807) is 14.0 Å². The predicted molar refractivity (Wildman–Crippen MR) is 130 cm³/mol. The fourth-order valence-electron chi connectivity index (χ4n) is 5.11. The van der Waals surface area contributed by atoms with Gasteiger partial charge in [-0.2, -0.15) is 0 Å². The molecule has 174 valence electrons. The fourth-order valence-corrected chi connectivity index (χ4v) is 5.11. The SMILES string of the molecule is COC1CN(c2nc3ccc(C)cc3cc2C(=N)NC(C)O)CCC1NC1CCCCC1. The first-order valence-corrected chi connectivity index (χ1v) is 11.9. The molecule has 2 fully saturated rings. The summed E-state index contributed by atoms with van der Waals surface area (Å²) in [5.74, 6) is 0.958. The summed E-state index contributed by atoms with van der Waals surface area (Å²) in [5.41, 5.74) is 2.77. The number of nitrogens with zero attached hydrogens (tertiary/aromatic N) is 2. The average molecular weight is 440 g/mol. The van der Waals surface area contributed by atoms with Gasteiger partial charge in [0.15, 0.2) is 0 Å². The Morgan fingerprint density at radius 3 is 2.72 bits per heavy atom. The number of ether oxygens (including phenoxy) is 1. The Morgan fingerprint density at radius 2 is 2.00 bits per heavy atom. The Labute approximate surface area is 191 Å². The van der Waals surface area contributed by atoms with Crippen molar-refractivity contribution in [2.45, 2.75) is 76.8 Å². The van der Waals surface area contributed by atoms with Gasteiger partial charge < -0.3 is 25.4 Å². The maximum atomic E-state index is 9.80. The van der Waals surface area contributed by atoms with Crippen molar-refractivity contribution in [3.8, 4) is 0 Å². The highest BCUT2D eigenvalue weighted by molar-refractivity contribution is 6.04. The van der Waals surface area contributed by atoms with E-state index in [4.69, 9.17) is 15.1 Å². The van der Waals surface area contributed by atoms with Crippen LogP contribution >= 0.6 is 0 Å². The number of aliphatic hydroxyl groups is 1. The van der Waals surface area contributed by atoms with Gasteiger partial charge >= 0.3 is 0 Å². The van der Waals surface area contributed by atoms with E-state index < -0.39 is 6.23 Å². The van der Waals surface area contributed by atoms with Crippen LogP contribution in [0.15, 0.2) is 24.3 Å². The number of nitrogens with one attached hydrogen (secondary N) is 3. The molecule has 1 aliphatic carbocycles. The number of aliphatic hydroxyl groups excluding tert-OH is 1. The number of fused-ring (bicyclic) bond motifs is 1. The van der Waals surface area contributed by atoms with Gasteiger partial charge in [-0.25, -0.2) is 4.98 Å². The van der Waals surface area contributed by atoms with Crippen LogP contribution in [0.3, 0.4) is 0 Å². The molecule has 1 aromatic heterocycles. The van der Waals surface area contributed by atoms with Crippen LogP contribution in [-0.4, -0.2) is 60.5 Å². The molecule has 3 unspecified atom stereocenters. The van der Waals surface area contributed by atoms with E-state index in [2.05, 4.69) is 34.6 Å². The number of amidine groups is 1. The van der Waals surface area contributed by atoms with Gasteiger partial charge in [-0.15, -0.1) is 0 Å². The van der Waals surface area contributed by atoms with Gasteiger partial charge in [-0.05, 0) is 51.3 Å². The van der Waals surface area contributed by atoms with Crippen molar-refractivity contribution < 1.29 is 9.84 Å². The Kier molecular flexibility index (Phi) is 7.28. The van der Waals surface area contributed by atoms with Gasteiger partial charge in [0, 0.05) is 37.7 Å². The molecular formula is C25H37N5O2. The predicted octanol–water partition coefficient (Wildman–Crippen LogP) is 3.31. The minimum absolute atomic E-state index is 0.0629. The smallest absolute Gasteiger partial charge is 0.140 e. The quantitative estimate of drug-likeness (QED) is 0.313. The zero-order valence-electron chi connectivity index (χ0n) is 19.5. The summed E-state index contributed by atoms with van der Waals surface area (Å²) in [5, 5.41) is 26.1. The van der Waals surface area contributed by atoms with Crippen LogP contribution in [0.4, 0.5) is 5.82 Å². The zero-order valence-corrected chi connectivity index (χ0v) is 19.5. The number of aromatic nitrogens is 1. The highest BCUT2D eigenvalue weighted by Gasteiger charge is 2.33. The van der Waals surface area contributed by atoms with Crippen LogP contribution in [0.5, 0.6) is 0 Å². The Morgan fingerprint density at radius 1 is 1.22 bits per heavy atom. The van der Waals surface area contributed by atoms with Crippen LogP contribution in [0, 0.1) is 12.3 Å². The molecule has 1 aromatic carbocycles. The number of hydrogen-bond donors (Lipinski definition) is 4. The summed E-state index contributed by atoms with van der Waals surface area (Å²) in [6.45, 7) is 5.25. The number of methoxy groups -OCH3 is 1. The summed E-state index contributed by atoms with van der Waals surface area (Å²) in [6.07, 6.45) is 6.73. The van der Waals surface area contributed by atoms with Gasteiger partial charge in [0.25, 0.3) is 0 Å².